The van der Waals surface area contributed by atoms with E-state index in [1.54, 1.807) is 24.3 Å². The molecular formula is C15H18O4. The smallest absolute Gasteiger partial charge is 0.119 e. The van der Waals surface area contributed by atoms with Gasteiger partial charge in [-0.05, 0) is 62.4 Å². The summed E-state index contributed by atoms with van der Waals surface area (Å²) < 4.78 is 5.36. The molecule has 0 aromatic heterocycles. The van der Waals surface area contributed by atoms with E-state index in [0.717, 1.165) is 5.75 Å². The minimum Gasteiger partial charge on any atom is -0.508 e. The summed E-state index contributed by atoms with van der Waals surface area (Å²) in [5.41, 5.74) is 0. The van der Waals surface area contributed by atoms with Crippen molar-refractivity contribution in [3.63, 3.8) is 0 Å². The van der Waals surface area contributed by atoms with Crippen molar-refractivity contribution in [2.45, 2.75) is 20.0 Å². The first-order valence-corrected chi connectivity index (χ1v) is 5.91. The van der Waals surface area contributed by atoms with E-state index in [1.165, 1.54) is 24.3 Å². The molecule has 0 saturated heterocycles. The highest BCUT2D eigenvalue weighted by Crippen LogP contribution is 2.16. The van der Waals surface area contributed by atoms with Crippen LogP contribution in [0.4, 0.5) is 0 Å². The molecule has 0 spiro atoms. The minimum absolute atomic E-state index is 0.169. The third-order valence-corrected chi connectivity index (χ3v) is 2.06. The van der Waals surface area contributed by atoms with Crippen LogP contribution in [0.25, 0.3) is 0 Å². The van der Waals surface area contributed by atoms with E-state index < -0.39 is 0 Å². The standard InChI is InChI=1S/C9H12O2.C6H6O2/c1-7(2)11-9-5-3-8(10)4-6-9;7-5-1-2-6(8)4-3-5/h3-7,10H,1-2H3;1-4,7-8H. The lowest BCUT2D eigenvalue weighted by atomic mass is 10.3. The fourth-order valence-corrected chi connectivity index (χ4v) is 1.25. The van der Waals surface area contributed by atoms with Crippen LogP contribution in [0.5, 0.6) is 23.0 Å². The topological polar surface area (TPSA) is 69.9 Å². The molecule has 0 aliphatic carbocycles. The Labute approximate surface area is 112 Å². The number of hydrogen-bond acceptors (Lipinski definition) is 4. The van der Waals surface area contributed by atoms with Crippen LogP contribution < -0.4 is 4.74 Å². The molecule has 0 bridgehead atoms. The second-order valence-corrected chi connectivity index (χ2v) is 4.18. The van der Waals surface area contributed by atoms with Gasteiger partial charge in [-0.2, -0.15) is 0 Å². The van der Waals surface area contributed by atoms with Crippen molar-refractivity contribution in [2.24, 2.45) is 0 Å². The van der Waals surface area contributed by atoms with Crippen LogP contribution in [-0.4, -0.2) is 21.4 Å². The lowest BCUT2D eigenvalue weighted by Crippen LogP contribution is -2.04. The Morgan fingerprint density at radius 3 is 1.32 bits per heavy atom. The van der Waals surface area contributed by atoms with Gasteiger partial charge in [0.2, 0.25) is 0 Å². The second kappa shape index (κ2) is 7.16. The number of phenolic OH excluding ortho intramolecular Hbond substituents is 3. The van der Waals surface area contributed by atoms with Crippen molar-refractivity contribution >= 4 is 0 Å². The SMILES string of the molecule is CC(C)Oc1ccc(O)cc1.Oc1ccc(O)cc1. The maximum Gasteiger partial charge on any atom is 0.119 e. The number of hydrogen-bond donors (Lipinski definition) is 3. The number of ether oxygens (including phenoxy) is 1. The Morgan fingerprint density at radius 1 is 0.684 bits per heavy atom. The molecule has 2 aromatic rings. The molecule has 2 rings (SSSR count). The van der Waals surface area contributed by atoms with E-state index >= 15 is 0 Å². The van der Waals surface area contributed by atoms with Crippen LogP contribution in [0.15, 0.2) is 48.5 Å². The average Bonchev–Trinajstić information content (AvgIpc) is 2.36. The van der Waals surface area contributed by atoms with Crippen molar-refractivity contribution < 1.29 is 20.1 Å². The van der Waals surface area contributed by atoms with Gasteiger partial charge in [0.15, 0.2) is 0 Å². The number of rotatable bonds is 2. The normalized spacial score (nSPS) is 9.63. The van der Waals surface area contributed by atoms with Gasteiger partial charge < -0.3 is 20.1 Å². The zero-order valence-corrected chi connectivity index (χ0v) is 10.9. The van der Waals surface area contributed by atoms with E-state index in [2.05, 4.69) is 0 Å². The molecule has 0 unspecified atom stereocenters. The van der Waals surface area contributed by atoms with Gasteiger partial charge in [0.1, 0.15) is 23.0 Å². The highest BCUT2D eigenvalue weighted by molar-refractivity contribution is 5.30. The van der Waals surface area contributed by atoms with E-state index in [1.807, 2.05) is 13.8 Å². The highest BCUT2D eigenvalue weighted by Gasteiger charge is 1.95. The zero-order chi connectivity index (χ0) is 14.3. The van der Waals surface area contributed by atoms with Gasteiger partial charge >= 0.3 is 0 Å². The maximum absolute atomic E-state index is 8.94. The van der Waals surface area contributed by atoms with Crippen LogP contribution in [0.1, 0.15) is 13.8 Å². The third-order valence-electron chi connectivity index (χ3n) is 2.06. The fraction of sp³-hybridized carbons (Fsp3) is 0.200. The first kappa shape index (κ1) is 14.7. The molecule has 0 radical (unpaired) electrons. The summed E-state index contributed by atoms with van der Waals surface area (Å²) in [4.78, 5) is 0. The predicted octanol–water partition coefficient (Wildman–Crippen LogP) is 3.28. The first-order valence-electron chi connectivity index (χ1n) is 5.91. The monoisotopic (exact) mass is 262 g/mol. The summed E-state index contributed by atoms with van der Waals surface area (Å²) >= 11 is 0. The van der Waals surface area contributed by atoms with Gasteiger partial charge in [-0.3, -0.25) is 0 Å². The molecule has 0 heterocycles. The first-order chi connectivity index (χ1) is 8.97. The molecule has 19 heavy (non-hydrogen) atoms. The predicted molar refractivity (Wildman–Crippen MR) is 73.6 cm³/mol. The largest absolute Gasteiger partial charge is 0.508 e. The molecule has 4 nitrogen and oxygen atoms in total. The van der Waals surface area contributed by atoms with E-state index in [9.17, 15) is 0 Å². The highest BCUT2D eigenvalue weighted by atomic mass is 16.5. The number of aromatic hydroxyl groups is 3. The Kier molecular flexibility index (Phi) is 5.54. The molecule has 0 atom stereocenters. The number of phenols is 3. The fourth-order valence-electron chi connectivity index (χ4n) is 1.25. The molecule has 0 aliphatic heterocycles. The van der Waals surface area contributed by atoms with Crippen molar-refractivity contribution in [2.75, 3.05) is 0 Å². The molecule has 0 aliphatic rings. The van der Waals surface area contributed by atoms with Gasteiger partial charge in [0.25, 0.3) is 0 Å². The summed E-state index contributed by atoms with van der Waals surface area (Å²) in [7, 11) is 0. The summed E-state index contributed by atoms with van der Waals surface area (Å²) in [6, 6.07) is 12.4. The van der Waals surface area contributed by atoms with E-state index in [4.69, 9.17) is 20.1 Å². The van der Waals surface area contributed by atoms with E-state index in [0.29, 0.717) is 0 Å². The molecule has 2 aromatic carbocycles. The summed E-state index contributed by atoms with van der Waals surface area (Å²) in [6.07, 6.45) is 0.180. The third kappa shape index (κ3) is 6.21. The Morgan fingerprint density at radius 2 is 1.00 bits per heavy atom. The molecule has 0 amide bonds. The Balaban J connectivity index is 0.000000200. The summed E-state index contributed by atoms with van der Waals surface area (Å²) in [5, 5.41) is 26.2. The van der Waals surface area contributed by atoms with Crippen molar-refractivity contribution in [1.82, 2.24) is 0 Å². The number of benzene rings is 2. The zero-order valence-electron chi connectivity index (χ0n) is 10.9. The van der Waals surface area contributed by atoms with Crippen LogP contribution >= 0.6 is 0 Å². The van der Waals surface area contributed by atoms with Gasteiger partial charge in [-0.1, -0.05) is 0 Å². The molecule has 0 fully saturated rings. The Bertz CT molecular complexity index is 454. The average molecular weight is 262 g/mol. The summed E-state index contributed by atoms with van der Waals surface area (Å²) in [6.45, 7) is 3.93. The van der Waals surface area contributed by atoms with Crippen LogP contribution in [0, 0.1) is 0 Å². The van der Waals surface area contributed by atoms with Gasteiger partial charge in [0, 0.05) is 0 Å². The molecule has 102 valence electrons. The van der Waals surface area contributed by atoms with Crippen LogP contribution in [0.2, 0.25) is 0 Å². The molecule has 4 heteroatoms. The molecular weight excluding hydrogens is 244 g/mol. The van der Waals surface area contributed by atoms with Crippen LogP contribution in [0.3, 0.4) is 0 Å². The van der Waals surface area contributed by atoms with Gasteiger partial charge in [0.05, 0.1) is 6.10 Å². The second-order valence-electron chi connectivity index (χ2n) is 4.18. The van der Waals surface area contributed by atoms with Crippen molar-refractivity contribution in [3.8, 4) is 23.0 Å². The lowest BCUT2D eigenvalue weighted by Gasteiger charge is -2.08. The quantitative estimate of drug-likeness (QED) is 0.726. The van der Waals surface area contributed by atoms with E-state index in [-0.39, 0.29) is 23.4 Å². The molecule has 3 N–H and O–H groups in total. The van der Waals surface area contributed by atoms with Crippen LogP contribution in [-0.2, 0) is 0 Å². The minimum atomic E-state index is 0.169. The lowest BCUT2D eigenvalue weighted by molar-refractivity contribution is 0.242. The van der Waals surface area contributed by atoms with Gasteiger partial charge in [-0.15, -0.1) is 0 Å². The van der Waals surface area contributed by atoms with Crippen molar-refractivity contribution in [1.29, 1.82) is 0 Å². The maximum atomic E-state index is 8.94. The summed E-state index contributed by atoms with van der Waals surface area (Å²) in [5.74, 6) is 1.39. The van der Waals surface area contributed by atoms with Crippen molar-refractivity contribution in [3.05, 3.63) is 48.5 Å². The van der Waals surface area contributed by atoms with Gasteiger partial charge in [-0.25, -0.2) is 0 Å². The Hall–Kier alpha value is -2.36. The molecule has 0 saturated carbocycles.